The molecule has 0 amide bonds. The Morgan fingerprint density at radius 1 is 1.29 bits per heavy atom. The van der Waals surface area contributed by atoms with Crippen molar-refractivity contribution in [3.05, 3.63) is 33.9 Å². The number of aromatic nitrogens is 1. The van der Waals surface area contributed by atoms with E-state index in [0.717, 1.165) is 28.0 Å². The van der Waals surface area contributed by atoms with Crippen molar-refractivity contribution in [3.63, 3.8) is 0 Å². The molecule has 14 heavy (non-hydrogen) atoms. The number of nitrogens with two attached hydrogens (primary N) is 1. The van der Waals surface area contributed by atoms with Crippen molar-refractivity contribution in [2.24, 2.45) is 5.73 Å². The molecule has 0 aliphatic heterocycles. The van der Waals surface area contributed by atoms with Crippen LogP contribution >= 0.6 is 23.2 Å². The lowest BCUT2D eigenvalue weighted by atomic mass is 10.2. The number of H-pyrrole nitrogens is 1. The third-order valence-electron chi connectivity index (χ3n) is 2.19. The first-order valence-electron chi connectivity index (χ1n) is 4.38. The molecular weight excluding hydrogens is 219 g/mol. The molecule has 1 aromatic heterocycles. The summed E-state index contributed by atoms with van der Waals surface area (Å²) in [6, 6.07) is 5.67. The minimum absolute atomic E-state index is 0.574. The van der Waals surface area contributed by atoms with Crippen molar-refractivity contribution in [1.29, 1.82) is 0 Å². The van der Waals surface area contributed by atoms with Crippen LogP contribution in [0.25, 0.3) is 10.9 Å². The van der Waals surface area contributed by atoms with Crippen LogP contribution in [0.5, 0.6) is 0 Å². The normalized spacial score (nSPS) is 11.1. The molecule has 0 unspecified atom stereocenters. The van der Waals surface area contributed by atoms with Gasteiger partial charge in [-0.25, -0.2) is 0 Å². The fourth-order valence-corrected chi connectivity index (χ4v) is 2.04. The van der Waals surface area contributed by atoms with Crippen molar-refractivity contribution in [2.75, 3.05) is 6.54 Å². The van der Waals surface area contributed by atoms with Gasteiger partial charge in [0.05, 0.1) is 15.6 Å². The zero-order valence-electron chi connectivity index (χ0n) is 7.48. The van der Waals surface area contributed by atoms with E-state index in [4.69, 9.17) is 28.9 Å². The largest absolute Gasteiger partial charge is 0.356 e. The lowest BCUT2D eigenvalue weighted by Crippen LogP contribution is -2.02. The van der Waals surface area contributed by atoms with Gasteiger partial charge in [-0.3, -0.25) is 0 Å². The molecule has 0 saturated carbocycles. The molecule has 0 spiro atoms. The highest BCUT2D eigenvalue weighted by molar-refractivity contribution is 6.40. The van der Waals surface area contributed by atoms with Gasteiger partial charge in [0, 0.05) is 17.5 Å². The van der Waals surface area contributed by atoms with Crippen LogP contribution in [0.3, 0.4) is 0 Å². The summed E-state index contributed by atoms with van der Waals surface area (Å²) >= 11 is 12.2. The maximum atomic E-state index is 6.16. The maximum absolute atomic E-state index is 6.16. The van der Waals surface area contributed by atoms with Crippen molar-refractivity contribution in [1.82, 2.24) is 4.98 Å². The molecule has 2 aromatic rings. The van der Waals surface area contributed by atoms with E-state index in [1.54, 1.807) is 0 Å². The number of benzene rings is 1. The Morgan fingerprint density at radius 2 is 2.07 bits per heavy atom. The predicted octanol–water partition coefficient (Wildman–Crippen LogP) is 2.98. The Kier molecular flexibility index (Phi) is 2.68. The average molecular weight is 229 g/mol. The molecule has 0 radical (unpaired) electrons. The Morgan fingerprint density at radius 3 is 2.71 bits per heavy atom. The third kappa shape index (κ3) is 1.50. The van der Waals surface area contributed by atoms with Crippen LogP contribution in [0.4, 0.5) is 0 Å². The molecular formula is C10H10Cl2N2. The summed E-state index contributed by atoms with van der Waals surface area (Å²) < 4.78 is 0. The summed E-state index contributed by atoms with van der Waals surface area (Å²) in [5.41, 5.74) is 7.32. The fraction of sp³-hybridized carbons (Fsp3) is 0.200. The highest BCUT2D eigenvalue weighted by Gasteiger charge is 2.10. The van der Waals surface area contributed by atoms with E-state index in [1.165, 1.54) is 0 Å². The van der Waals surface area contributed by atoms with E-state index in [1.807, 2.05) is 18.2 Å². The van der Waals surface area contributed by atoms with Gasteiger partial charge in [0.2, 0.25) is 0 Å². The second-order valence-corrected chi connectivity index (χ2v) is 3.90. The molecule has 2 nitrogen and oxygen atoms in total. The van der Waals surface area contributed by atoms with Crippen molar-refractivity contribution < 1.29 is 0 Å². The third-order valence-corrected chi connectivity index (χ3v) is 2.93. The Hall–Kier alpha value is -0.700. The first kappa shape index (κ1) is 9.84. The standard InChI is InChI=1S/C10H10Cl2N2/c11-7-3-1-2-6-9(12)8(4-5-13)14-10(6)7/h1-3,14H,4-5,13H2. The number of hydrogen-bond donors (Lipinski definition) is 2. The van der Waals surface area contributed by atoms with Crippen LogP contribution in [0.1, 0.15) is 5.69 Å². The molecule has 1 aromatic carbocycles. The van der Waals surface area contributed by atoms with Gasteiger partial charge in [-0.05, 0) is 12.6 Å². The Labute approximate surface area is 92.0 Å². The van der Waals surface area contributed by atoms with E-state index >= 15 is 0 Å². The molecule has 0 aliphatic carbocycles. The number of nitrogens with one attached hydrogen (secondary N) is 1. The van der Waals surface area contributed by atoms with Crippen LogP contribution in [0, 0.1) is 0 Å². The van der Waals surface area contributed by atoms with Crippen LogP contribution in [0.2, 0.25) is 10.0 Å². The first-order valence-corrected chi connectivity index (χ1v) is 5.14. The highest BCUT2D eigenvalue weighted by Crippen LogP contribution is 2.31. The second-order valence-electron chi connectivity index (χ2n) is 3.12. The molecule has 3 N–H and O–H groups in total. The number of hydrogen-bond acceptors (Lipinski definition) is 1. The second kappa shape index (κ2) is 3.81. The topological polar surface area (TPSA) is 41.8 Å². The van der Waals surface area contributed by atoms with Gasteiger partial charge in [-0.1, -0.05) is 35.3 Å². The monoisotopic (exact) mass is 228 g/mol. The van der Waals surface area contributed by atoms with Gasteiger partial charge >= 0.3 is 0 Å². The minimum atomic E-state index is 0.574. The van der Waals surface area contributed by atoms with Crippen molar-refractivity contribution in [2.45, 2.75) is 6.42 Å². The van der Waals surface area contributed by atoms with E-state index in [-0.39, 0.29) is 0 Å². The summed E-state index contributed by atoms with van der Waals surface area (Å²) in [5, 5.41) is 2.38. The van der Waals surface area contributed by atoms with Crippen LogP contribution < -0.4 is 5.73 Å². The molecule has 1 heterocycles. The number of rotatable bonds is 2. The lowest BCUT2D eigenvalue weighted by molar-refractivity contribution is 0.940. The number of para-hydroxylation sites is 1. The van der Waals surface area contributed by atoms with Gasteiger partial charge in [0.1, 0.15) is 0 Å². The minimum Gasteiger partial charge on any atom is -0.356 e. The average Bonchev–Trinajstić information content (AvgIpc) is 2.48. The predicted molar refractivity (Wildman–Crippen MR) is 61.1 cm³/mol. The first-order chi connectivity index (χ1) is 6.74. The Bertz CT molecular complexity index is 462. The summed E-state index contributed by atoms with van der Waals surface area (Å²) in [7, 11) is 0. The quantitative estimate of drug-likeness (QED) is 0.816. The van der Waals surface area contributed by atoms with Gasteiger partial charge in [-0.15, -0.1) is 0 Å². The number of halogens is 2. The molecule has 4 heteroatoms. The maximum Gasteiger partial charge on any atom is 0.0692 e. The van der Waals surface area contributed by atoms with E-state index in [9.17, 15) is 0 Å². The summed E-state index contributed by atoms with van der Waals surface area (Å²) in [6.07, 6.45) is 0.740. The highest BCUT2D eigenvalue weighted by atomic mass is 35.5. The molecule has 0 saturated heterocycles. The molecule has 0 atom stereocenters. The summed E-state index contributed by atoms with van der Waals surface area (Å²) in [4.78, 5) is 3.19. The molecule has 74 valence electrons. The van der Waals surface area contributed by atoms with E-state index < -0.39 is 0 Å². The Balaban J connectivity index is 2.67. The van der Waals surface area contributed by atoms with Gasteiger partial charge < -0.3 is 10.7 Å². The van der Waals surface area contributed by atoms with E-state index in [0.29, 0.717) is 11.6 Å². The summed E-state index contributed by atoms with van der Waals surface area (Å²) in [5.74, 6) is 0. The molecule has 0 aliphatic rings. The van der Waals surface area contributed by atoms with Gasteiger partial charge in [-0.2, -0.15) is 0 Å². The van der Waals surface area contributed by atoms with Crippen LogP contribution in [0.15, 0.2) is 18.2 Å². The van der Waals surface area contributed by atoms with Crippen LogP contribution in [-0.2, 0) is 6.42 Å². The van der Waals surface area contributed by atoms with E-state index in [2.05, 4.69) is 4.98 Å². The van der Waals surface area contributed by atoms with Crippen molar-refractivity contribution >= 4 is 34.1 Å². The zero-order chi connectivity index (χ0) is 10.1. The number of fused-ring (bicyclic) bond motifs is 1. The summed E-state index contributed by atoms with van der Waals surface area (Å²) in [6.45, 7) is 0.574. The smallest absolute Gasteiger partial charge is 0.0692 e. The number of aromatic amines is 1. The van der Waals surface area contributed by atoms with Gasteiger partial charge in [0.15, 0.2) is 0 Å². The lowest BCUT2D eigenvalue weighted by Gasteiger charge is -1.92. The molecule has 2 rings (SSSR count). The van der Waals surface area contributed by atoms with Crippen LogP contribution in [-0.4, -0.2) is 11.5 Å². The zero-order valence-corrected chi connectivity index (χ0v) is 8.99. The fourth-order valence-electron chi connectivity index (χ4n) is 1.52. The SMILES string of the molecule is NCCc1[nH]c2c(Cl)cccc2c1Cl. The van der Waals surface area contributed by atoms with Gasteiger partial charge in [0.25, 0.3) is 0 Å². The molecule has 0 fully saturated rings. The van der Waals surface area contributed by atoms with Crippen molar-refractivity contribution in [3.8, 4) is 0 Å². The molecule has 0 bridgehead atoms.